The number of rotatable bonds is 2. The van der Waals surface area contributed by atoms with Crippen molar-refractivity contribution in [2.75, 3.05) is 7.11 Å². The summed E-state index contributed by atoms with van der Waals surface area (Å²) in [6.45, 7) is 1.99. The molecule has 0 fully saturated rings. The van der Waals surface area contributed by atoms with E-state index in [9.17, 15) is 9.18 Å². The molecule has 0 spiro atoms. The van der Waals surface area contributed by atoms with E-state index in [1.165, 1.54) is 23.5 Å². The van der Waals surface area contributed by atoms with Crippen LogP contribution in [0.4, 0.5) is 4.39 Å². The first-order chi connectivity index (χ1) is 11.0. The van der Waals surface area contributed by atoms with Crippen molar-refractivity contribution in [2.24, 2.45) is 12.0 Å². The SMILES string of the molecule is COc1ccc(C)c2sc(=NC(=O)c3ccccc3F)n(C)c12. The second-order valence-corrected chi connectivity index (χ2v) is 6.08. The number of aromatic nitrogens is 1. The first-order valence-corrected chi connectivity index (χ1v) is 7.81. The fourth-order valence-electron chi connectivity index (χ4n) is 2.40. The Labute approximate surface area is 136 Å². The molecule has 4 nitrogen and oxygen atoms in total. The second-order valence-electron chi connectivity index (χ2n) is 5.10. The van der Waals surface area contributed by atoms with E-state index >= 15 is 0 Å². The summed E-state index contributed by atoms with van der Waals surface area (Å²) in [6.07, 6.45) is 0. The van der Waals surface area contributed by atoms with Crippen LogP contribution in [0, 0.1) is 12.7 Å². The highest BCUT2D eigenvalue weighted by atomic mass is 32.1. The molecule has 3 aromatic rings. The van der Waals surface area contributed by atoms with Gasteiger partial charge in [-0.15, -0.1) is 0 Å². The third kappa shape index (κ3) is 2.66. The minimum atomic E-state index is -0.595. The topological polar surface area (TPSA) is 43.6 Å². The van der Waals surface area contributed by atoms with E-state index in [0.29, 0.717) is 10.6 Å². The molecule has 1 amide bonds. The van der Waals surface area contributed by atoms with E-state index in [4.69, 9.17) is 4.74 Å². The van der Waals surface area contributed by atoms with E-state index in [1.54, 1.807) is 23.8 Å². The van der Waals surface area contributed by atoms with Gasteiger partial charge in [-0.05, 0) is 30.7 Å². The third-order valence-electron chi connectivity index (χ3n) is 3.63. The summed E-state index contributed by atoms with van der Waals surface area (Å²) in [5.41, 5.74) is 1.91. The van der Waals surface area contributed by atoms with Gasteiger partial charge < -0.3 is 9.30 Å². The van der Waals surface area contributed by atoms with Crippen molar-refractivity contribution in [2.45, 2.75) is 6.92 Å². The number of methoxy groups -OCH3 is 1. The van der Waals surface area contributed by atoms with E-state index in [0.717, 1.165) is 15.8 Å². The van der Waals surface area contributed by atoms with Crippen LogP contribution in [0.3, 0.4) is 0 Å². The Kier molecular flexibility index (Phi) is 4.00. The summed E-state index contributed by atoms with van der Waals surface area (Å²) < 4.78 is 21.9. The first-order valence-electron chi connectivity index (χ1n) is 6.99. The van der Waals surface area contributed by atoms with Crippen molar-refractivity contribution in [3.63, 3.8) is 0 Å². The molecule has 0 bridgehead atoms. The maximum absolute atomic E-state index is 13.7. The Morgan fingerprint density at radius 3 is 2.70 bits per heavy atom. The molecule has 0 aliphatic rings. The van der Waals surface area contributed by atoms with Gasteiger partial charge >= 0.3 is 0 Å². The van der Waals surface area contributed by atoms with Crippen LogP contribution < -0.4 is 9.54 Å². The molecule has 2 aromatic carbocycles. The predicted octanol–water partition coefficient (Wildman–Crippen LogP) is 3.44. The molecular formula is C17H15FN2O2S. The molecule has 0 radical (unpaired) electrons. The number of hydrogen-bond donors (Lipinski definition) is 0. The zero-order valence-corrected chi connectivity index (χ0v) is 13.8. The van der Waals surface area contributed by atoms with Gasteiger partial charge in [0.2, 0.25) is 0 Å². The lowest BCUT2D eigenvalue weighted by Crippen LogP contribution is -2.14. The Morgan fingerprint density at radius 2 is 2.00 bits per heavy atom. The summed E-state index contributed by atoms with van der Waals surface area (Å²) in [5, 5.41) is 0. The van der Waals surface area contributed by atoms with Gasteiger partial charge in [0.25, 0.3) is 5.91 Å². The number of hydrogen-bond acceptors (Lipinski definition) is 3. The van der Waals surface area contributed by atoms with Gasteiger partial charge in [-0.1, -0.05) is 29.5 Å². The average Bonchev–Trinajstić information content (AvgIpc) is 2.86. The lowest BCUT2D eigenvalue weighted by molar-refractivity contribution is 0.0994. The average molecular weight is 330 g/mol. The van der Waals surface area contributed by atoms with Gasteiger partial charge in [0.05, 0.1) is 17.4 Å². The molecule has 1 aromatic heterocycles. The molecule has 118 valence electrons. The van der Waals surface area contributed by atoms with Gasteiger partial charge in [0.1, 0.15) is 17.1 Å². The molecule has 23 heavy (non-hydrogen) atoms. The van der Waals surface area contributed by atoms with Crippen molar-refractivity contribution in [3.05, 3.63) is 58.1 Å². The number of carbonyl (C=O) groups is 1. The van der Waals surface area contributed by atoms with Crippen LogP contribution in [0.2, 0.25) is 0 Å². The van der Waals surface area contributed by atoms with E-state index in [1.807, 2.05) is 26.1 Å². The summed E-state index contributed by atoms with van der Waals surface area (Å²) in [4.78, 5) is 16.8. The highest BCUT2D eigenvalue weighted by Gasteiger charge is 2.14. The van der Waals surface area contributed by atoms with E-state index in [2.05, 4.69) is 4.99 Å². The van der Waals surface area contributed by atoms with E-state index in [-0.39, 0.29) is 5.56 Å². The molecular weight excluding hydrogens is 315 g/mol. The molecule has 6 heteroatoms. The van der Waals surface area contributed by atoms with Crippen molar-refractivity contribution in [3.8, 4) is 5.75 Å². The number of amides is 1. The van der Waals surface area contributed by atoms with Crippen LogP contribution in [0.25, 0.3) is 10.2 Å². The molecule has 0 N–H and O–H groups in total. The van der Waals surface area contributed by atoms with Crippen molar-refractivity contribution in [1.29, 1.82) is 0 Å². The van der Waals surface area contributed by atoms with Gasteiger partial charge in [0.15, 0.2) is 4.80 Å². The zero-order chi connectivity index (χ0) is 16.6. The minimum Gasteiger partial charge on any atom is -0.495 e. The number of aryl methyl sites for hydroxylation is 2. The third-order valence-corrected chi connectivity index (χ3v) is 4.90. The fraction of sp³-hybridized carbons (Fsp3) is 0.176. The predicted molar refractivity (Wildman–Crippen MR) is 88.4 cm³/mol. The number of halogens is 1. The highest BCUT2D eigenvalue weighted by molar-refractivity contribution is 7.16. The van der Waals surface area contributed by atoms with Crippen LogP contribution in [0.1, 0.15) is 15.9 Å². The number of ether oxygens (including phenoxy) is 1. The quantitative estimate of drug-likeness (QED) is 0.722. The Balaban J connectivity index is 2.21. The van der Waals surface area contributed by atoms with Crippen LogP contribution in [0.5, 0.6) is 5.75 Å². The molecule has 0 saturated carbocycles. The van der Waals surface area contributed by atoms with E-state index < -0.39 is 11.7 Å². The summed E-state index contributed by atoms with van der Waals surface area (Å²) in [5.74, 6) is -0.454. The summed E-state index contributed by atoms with van der Waals surface area (Å²) in [7, 11) is 3.41. The molecule has 3 rings (SSSR count). The lowest BCUT2D eigenvalue weighted by Gasteiger charge is -2.05. The molecule has 0 aliphatic carbocycles. The van der Waals surface area contributed by atoms with Crippen LogP contribution >= 0.6 is 11.3 Å². The minimum absolute atomic E-state index is 0.0337. The lowest BCUT2D eigenvalue weighted by atomic mass is 10.2. The monoisotopic (exact) mass is 330 g/mol. The maximum atomic E-state index is 13.7. The normalized spacial score (nSPS) is 11.9. The van der Waals surface area contributed by atoms with Gasteiger partial charge in [-0.25, -0.2) is 4.39 Å². The second kappa shape index (κ2) is 5.96. The van der Waals surface area contributed by atoms with Crippen LogP contribution in [0.15, 0.2) is 41.4 Å². The number of nitrogens with zero attached hydrogens (tertiary/aromatic N) is 2. The van der Waals surface area contributed by atoms with Crippen molar-refractivity contribution >= 4 is 27.5 Å². The van der Waals surface area contributed by atoms with Crippen molar-refractivity contribution in [1.82, 2.24) is 4.57 Å². The largest absolute Gasteiger partial charge is 0.495 e. The van der Waals surface area contributed by atoms with Gasteiger partial charge in [-0.2, -0.15) is 4.99 Å². The molecule has 0 saturated heterocycles. The van der Waals surface area contributed by atoms with Crippen LogP contribution in [-0.4, -0.2) is 17.6 Å². The smallest absolute Gasteiger partial charge is 0.282 e. The molecule has 1 heterocycles. The van der Waals surface area contributed by atoms with Crippen molar-refractivity contribution < 1.29 is 13.9 Å². The highest BCUT2D eigenvalue weighted by Crippen LogP contribution is 2.29. The number of fused-ring (bicyclic) bond motifs is 1. The summed E-state index contributed by atoms with van der Waals surface area (Å²) >= 11 is 1.38. The molecule has 0 aliphatic heterocycles. The Bertz CT molecular complexity index is 972. The van der Waals surface area contributed by atoms with Gasteiger partial charge in [0, 0.05) is 7.05 Å². The number of carbonyl (C=O) groups excluding carboxylic acids is 1. The maximum Gasteiger partial charge on any atom is 0.282 e. The number of thiazole rings is 1. The Morgan fingerprint density at radius 1 is 1.26 bits per heavy atom. The van der Waals surface area contributed by atoms with Crippen LogP contribution in [-0.2, 0) is 7.05 Å². The number of benzene rings is 2. The van der Waals surface area contributed by atoms with Gasteiger partial charge in [-0.3, -0.25) is 4.79 Å². The zero-order valence-electron chi connectivity index (χ0n) is 13.0. The first kappa shape index (κ1) is 15.4. The Hall–Kier alpha value is -2.47. The molecule has 0 unspecified atom stereocenters. The fourth-order valence-corrected chi connectivity index (χ4v) is 3.50. The standard InChI is InChI=1S/C17H15FN2O2S/c1-10-8-9-13(22-3)14-15(10)23-17(20(14)2)19-16(21)11-6-4-5-7-12(11)18/h4-9H,1-3H3. The molecule has 0 atom stereocenters. The summed E-state index contributed by atoms with van der Waals surface area (Å²) in [6, 6.07) is 9.68.